The van der Waals surface area contributed by atoms with E-state index in [9.17, 15) is 18.0 Å². The van der Waals surface area contributed by atoms with Crippen molar-refractivity contribution in [2.75, 3.05) is 26.2 Å². The van der Waals surface area contributed by atoms with Gasteiger partial charge < -0.3 is 10.1 Å². The molecule has 1 heterocycles. The van der Waals surface area contributed by atoms with Crippen molar-refractivity contribution in [3.8, 4) is 0 Å². The molecule has 4 nitrogen and oxygen atoms in total. The molecular weight excluding hydrogens is 285 g/mol. The minimum Gasteiger partial charge on any atom is -0.463 e. The third kappa shape index (κ3) is 4.71. The number of nitrogens with one attached hydrogen (secondary N) is 1. The Hall–Kier alpha value is -1.60. The lowest BCUT2D eigenvalue weighted by Crippen LogP contribution is -2.42. The van der Waals surface area contributed by atoms with Crippen LogP contribution in [0.2, 0.25) is 0 Å². The second-order valence-electron chi connectivity index (χ2n) is 4.97. The number of nitrogens with zero attached hydrogens (tertiary/aromatic N) is 1. The molecule has 0 aromatic heterocycles. The number of rotatable bonds is 5. The molecular formula is C14H17F3N2O2. The molecule has 0 atom stereocenters. The van der Waals surface area contributed by atoms with Crippen molar-refractivity contribution >= 4 is 6.47 Å². The van der Waals surface area contributed by atoms with Crippen LogP contribution in [0.4, 0.5) is 13.2 Å². The van der Waals surface area contributed by atoms with E-state index in [1.165, 1.54) is 0 Å². The van der Waals surface area contributed by atoms with Crippen molar-refractivity contribution in [3.05, 3.63) is 34.9 Å². The van der Waals surface area contributed by atoms with Gasteiger partial charge in [0.1, 0.15) is 6.61 Å². The fraction of sp³-hybridized carbons (Fsp3) is 0.500. The minimum absolute atomic E-state index is 0.151. The van der Waals surface area contributed by atoms with E-state index in [1.807, 2.05) is 0 Å². The van der Waals surface area contributed by atoms with Crippen LogP contribution < -0.4 is 5.32 Å². The quantitative estimate of drug-likeness (QED) is 0.842. The topological polar surface area (TPSA) is 41.6 Å². The molecule has 1 fully saturated rings. The molecule has 1 aliphatic rings. The van der Waals surface area contributed by atoms with E-state index < -0.39 is 11.7 Å². The average molecular weight is 302 g/mol. The summed E-state index contributed by atoms with van der Waals surface area (Å²) in [4.78, 5) is 12.3. The van der Waals surface area contributed by atoms with Gasteiger partial charge in [-0.2, -0.15) is 13.2 Å². The van der Waals surface area contributed by atoms with Crippen molar-refractivity contribution in [1.29, 1.82) is 0 Å². The Morgan fingerprint density at radius 3 is 2.48 bits per heavy atom. The maximum Gasteiger partial charge on any atom is 0.416 e. The van der Waals surface area contributed by atoms with Gasteiger partial charge in [-0.05, 0) is 23.3 Å². The van der Waals surface area contributed by atoms with E-state index in [1.54, 1.807) is 6.07 Å². The Kier molecular flexibility index (Phi) is 5.19. The van der Waals surface area contributed by atoms with Crippen LogP contribution in [0.25, 0.3) is 0 Å². The average Bonchev–Trinajstić information content (AvgIpc) is 2.45. The number of hydrogen-bond acceptors (Lipinski definition) is 4. The summed E-state index contributed by atoms with van der Waals surface area (Å²) in [6.45, 7) is 3.81. The van der Waals surface area contributed by atoms with Crippen LogP contribution in [0.5, 0.6) is 0 Å². The van der Waals surface area contributed by atoms with Gasteiger partial charge in [0.15, 0.2) is 0 Å². The van der Waals surface area contributed by atoms with Crippen molar-refractivity contribution in [1.82, 2.24) is 10.2 Å². The van der Waals surface area contributed by atoms with Gasteiger partial charge in [0, 0.05) is 32.7 Å². The van der Waals surface area contributed by atoms with Crippen LogP contribution in [0.3, 0.4) is 0 Å². The third-order valence-electron chi connectivity index (χ3n) is 3.31. The fourth-order valence-electron chi connectivity index (χ4n) is 2.36. The van der Waals surface area contributed by atoms with E-state index in [2.05, 4.69) is 15.0 Å². The van der Waals surface area contributed by atoms with Gasteiger partial charge in [0.05, 0.1) is 5.56 Å². The molecule has 1 aliphatic heterocycles. The highest BCUT2D eigenvalue weighted by Gasteiger charge is 2.31. The highest BCUT2D eigenvalue weighted by atomic mass is 19.4. The van der Waals surface area contributed by atoms with E-state index in [0.717, 1.165) is 38.3 Å². The lowest BCUT2D eigenvalue weighted by Gasteiger charge is -2.27. The number of carbonyl (C=O) groups excluding carboxylic acids is 1. The van der Waals surface area contributed by atoms with Crippen LogP contribution in [0.15, 0.2) is 18.2 Å². The van der Waals surface area contributed by atoms with Crippen molar-refractivity contribution < 1.29 is 22.7 Å². The molecule has 0 saturated carbocycles. The molecule has 0 radical (unpaired) electrons. The molecule has 0 bridgehead atoms. The lowest BCUT2D eigenvalue weighted by molar-refractivity contribution is -0.137. The first-order chi connectivity index (χ1) is 9.99. The fourth-order valence-corrected chi connectivity index (χ4v) is 2.36. The van der Waals surface area contributed by atoms with Gasteiger partial charge in [-0.3, -0.25) is 9.69 Å². The first-order valence-electron chi connectivity index (χ1n) is 6.67. The SMILES string of the molecule is O=COCc1cc(CN2CCNCC2)cc(C(F)(F)F)c1. The summed E-state index contributed by atoms with van der Waals surface area (Å²) in [6, 6.07) is 3.83. The summed E-state index contributed by atoms with van der Waals surface area (Å²) in [6.07, 6.45) is -4.41. The molecule has 116 valence electrons. The van der Waals surface area contributed by atoms with Gasteiger partial charge >= 0.3 is 6.18 Å². The normalized spacial score (nSPS) is 16.7. The number of alkyl halides is 3. The highest BCUT2D eigenvalue weighted by Crippen LogP contribution is 2.31. The standard InChI is InChI=1S/C14H17F3N2O2/c15-14(16,17)13-6-11(5-12(7-13)9-21-10-20)8-19-3-1-18-2-4-19/h5-7,10,18H,1-4,8-9H2. The molecule has 7 heteroatoms. The smallest absolute Gasteiger partial charge is 0.416 e. The van der Waals surface area contributed by atoms with Gasteiger partial charge in [0.25, 0.3) is 6.47 Å². The Balaban J connectivity index is 2.19. The Bertz CT molecular complexity index is 486. The zero-order valence-electron chi connectivity index (χ0n) is 11.4. The number of carbonyl (C=O) groups is 1. The third-order valence-corrected chi connectivity index (χ3v) is 3.31. The molecule has 1 aromatic rings. The molecule has 21 heavy (non-hydrogen) atoms. The van der Waals surface area contributed by atoms with Crippen molar-refractivity contribution in [2.24, 2.45) is 0 Å². The predicted molar refractivity (Wildman–Crippen MR) is 70.4 cm³/mol. The number of piperazine rings is 1. The van der Waals surface area contributed by atoms with Crippen LogP contribution in [-0.4, -0.2) is 37.6 Å². The molecule has 1 aromatic carbocycles. The Morgan fingerprint density at radius 1 is 1.19 bits per heavy atom. The number of halogens is 3. The lowest BCUT2D eigenvalue weighted by atomic mass is 10.0. The van der Waals surface area contributed by atoms with Crippen molar-refractivity contribution in [2.45, 2.75) is 19.3 Å². The molecule has 1 saturated heterocycles. The summed E-state index contributed by atoms with van der Waals surface area (Å²) < 4.78 is 43.3. The monoisotopic (exact) mass is 302 g/mol. The molecule has 2 rings (SSSR count). The van der Waals surface area contributed by atoms with E-state index in [-0.39, 0.29) is 13.1 Å². The maximum absolute atomic E-state index is 12.9. The summed E-state index contributed by atoms with van der Waals surface area (Å²) >= 11 is 0. The highest BCUT2D eigenvalue weighted by molar-refractivity contribution is 5.38. The second kappa shape index (κ2) is 6.91. The second-order valence-corrected chi connectivity index (χ2v) is 4.97. The van der Waals surface area contributed by atoms with E-state index in [0.29, 0.717) is 17.7 Å². The Labute approximate surface area is 120 Å². The number of ether oxygens (including phenoxy) is 1. The number of benzene rings is 1. The van der Waals surface area contributed by atoms with Gasteiger partial charge in [-0.25, -0.2) is 0 Å². The minimum atomic E-state index is -4.41. The zero-order valence-corrected chi connectivity index (χ0v) is 11.4. The van der Waals surface area contributed by atoms with Gasteiger partial charge in [-0.15, -0.1) is 0 Å². The van der Waals surface area contributed by atoms with Crippen LogP contribution >= 0.6 is 0 Å². The summed E-state index contributed by atoms with van der Waals surface area (Å²) in [5, 5.41) is 3.19. The van der Waals surface area contributed by atoms with Crippen LogP contribution in [0.1, 0.15) is 16.7 Å². The largest absolute Gasteiger partial charge is 0.463 e. The van der Waals surface area contributed by atoms with E-state index in [4.69, 9.17) is 0 Å². The van der Waals surface area contributed by atoms with Gasteiger partial charge in [-0.1, -0.05) is 6.07 Å². The number of hydrogen-bond donors (Lipinski definition) is 1. The molecule has 0 spiro atoms. The maximum atomic E-state index is 12.9. The van der Waals surface area contributed by atoms with Gasteiger partial charge in [0.2, 0.25) is 0 Å². The van der Waals surface area contributed by atoms with E-state index >= 15 is 0 Å². The van der Waals surface area contributed by atoms with Crippen LogP contribution in [-0.2, 0) is 28.9 Å². The van der Waals surface area contributed by atoms with Crippen LogP contribution in [0, 0.1) is 0 Å². The zero-order chi connectivity index (χ0) is 15.3. The Morgan fingerprint density at radius 2 is 1.86 bits per heavy atom. The summed E-state index contributed by atoms with van der Waals surface area (Å²) in [5.74, 6) is 0. The molecule has 0 unspecified atom stereocenters. The van der Waals surface area contributed by atoms with Crippen molar-refractivity contribution in [3.63, 3.8) is 0 Å². The summed E-state index contributed by atoms with van der Waals surface area (Å²) in [7, 11) is 0. The summed E-state index contributed by atoms with van der Waals surface area (Å²) in [5.41, 5.74) is 0.220. The predicted octanol–water partition coefficient (Wildman–Crippen LogP) is 1.78. The first-order valence-corrected chi connectivity index (χ1v) is 6.67. The molecule has 0 aliphatic carbocycles. The first kappa shape index (κ1) is 15.8. The molecule has 0 amide bonds. The molecule has 1 N–H and O–H groups in total.